The number of morpholine rings is 1. The number of β-amino-alcohol motifs (C(OH)–C–C–N with tert-alkyl or cyclic N) is 1. The molecule has 1 saturated heterocycles. The van der Waals surface area contributed by atoms with E-state index in [9.17, 15) is 5.11 Å². The fourth-order valence-electron chi connectivity index (χ4n) is 2.29. The van der Waals surface area contributed by atoms with Gasteiger partial charge in [-0.1, -0.05) is 6.07 Å². The first kappa shape index (κ1) is 14.2. The third kappa shape index (κ3) is 4.45. The predicted molar refractivity (Wildman–Crippen MR) is 75.5 cm³/mol. The fourth-order valence-corrected chi connectivity index (χ4v) is 2.29. The maximum Gasteiger partial charge on any atom is 0.128 e. The van der Waals surface area contributed by atoms with Gasteiger partial charge in [-0.05, 0) is 19.1 Å². The molecule has 5 nitrogen and oxygen atoms in total. The Morgan fingerprint density at radius 3 is 2.84 bits per heavy atom. The zero-order valence-electron chi connectivity index (χ0n) is 11.7. The van der Waals surface area contributed by atoms with Crippen LogP contribution in [-0.4, -0.2) is 67.5 Å². The summed E-state index contributed by atoms with van der Waals surface area (Å²) in [4.78, 5) is 8.69. The molecule has 0 bridgehead atoms. The van der Waals surface area contributed by atoms with Crippen LogP contribution in [-0.2, 0) is 4.74 Å². The summed E-state index contributed by atoms with van der Waals surface area (Å²) in [5, 5.41) is 10.2. The van der Waals surface area contributed by atoms with Crippen LogP contribution < -0.4 is 4.90 Å². The Hall–Kier alpha value is -1.17. The number of aromatic nitrogens is 1. The molecule has 0 unspecified atom stereocenters. The first-order valence-corrected chi connectivity index (χ1v) is 6.78. The van der Waals surface area contributed by atoms with Gasteiger partial charge in [-0.2, -0.15) is 0 Å². The normalized spacial score (nSPS) is 18.3. The van der Waals surface area contributed by atoms with E-state index in [-0.39, 0.29) is 6.10 Å². The van der Waals surface area contributed by atoms with Crippen molar-refractivity contribution < 1.29 is 9.84 Å². The van der Waals surface area contributed by atoms with E-state index in [0.29, 0.717) is 13.1 Å². The van der Waals surface area contributed by atoms with Crippen LogP contribution in [0.4, 0.5) is 5.82 Å². The van der Waals surface area contributed by atoms with Gasteiger partial charge in [0.1, 0.15) is 5.82 Å². The van der Waals surface area contributed by atoms with Crippen LogP contribution >= 0.6 is 0 Å². The predicted octanol–water partition coefficient (Wildman–Crippen LogP) is 0.519. The second-order valence-electron chi connectivity index (χ2n) is 5.08. The van der Waals surface area contributed by atoms with E-state index in [1.165, 1.54) is 0 Å². The largest absolute Gasteiger partial charge is 0.390 e. The SMILES string of the molecule is Cc1cccc(N(C)C[C@H](O)CN2CCOCC2)n1. The number of likely N-dealkylation sites (N-methyl/N-ethyl adjacent to an activating group) is 1. The molecular weight excluding hydrogens is 242 g/mol. The number of ether oxygens (including phenoxy) is 1. The van der Waals surface area contributed by atoms with Crippen molar-refractivity contribution in [3.63, 3.8) is 0 Å². The summed E-state index contributed by atoms with van der Waals surface area (Å²) in [6.45, 7) is 6.60. The number of anilines is 1. The quantitative estimate of drug-likeness (QED) is 0.841. The molecule has 5 heteroatoms. The molecule has 1 aliphatic heterocycles. The molecule has 1 aliphatic rings. The van der Waals surface area contributed by atoms with Crippen LogP contribution in [0.3, 0.4) is 0 Å². The maximum atomic E-state index is 10.2. The molecule has 0 aromatic carbocycles. The zero-order chi connectivity index (χ0) is 13.7. The Labute approximate surface area is 114 Å². The summed E-state index contributed by atoms with van der Waals surface area (Å²) in [7, 11) is 1.96. The topological polar surface area (TPSA) is 48.8 Å². The smallest absolute Gasteiger partial charge is 0.128 e. The van der Waals surface area contributed by atoms with Gasteiger partial charge in [-0.25, -0.2) is 4.98 Å². The third-order valence-corrected chi connectivity index (χ3v) is 3.32. The van der Waals surface area contributed by atoms with Crippen molar-refractivity contribution in [3.8, 4) is 0 Å². The lowest BCUT2D eigenvalue weighted by Gasteiger charge is -2.30. The zero-order valence-corrected chi connectivity index (χ0v) is 11.7. The first-order valence-electron chi connectivity index (χ1n) is 6.78. The Kier molecular flexibility index (Phi) is 5.13. The number of aryl methyl sites for hydroxylation is 1. The lowest BCUT2D eigenvalue weighted by molar-refractivity contribution is 0.0162. The van der Waals surface area contributed by atoms with E-state index in [0.717, 1.165) is 37.8 Å². The van der Waals surface area contributed by atoms with Crippen molar-refractivity contribution in [1.82, 2.24) is 9.88 Å². The molecule has 1 N–H and O–H groups in total. The lowest BCUT2D eigenvalue weighted by atomic mass is 10.2. The van der Waals surface area contributed by atoms with Crippen molar-refractivity contribution in [1.29, 1.82) is 0 Å². The van der Waals surface area contributed by atoms with Gasteiger partial charge in [0.2, 0.25) is 0 Å². The minimum Gasteiger partial charge on any atom is -0.390 e. The Morgan fingerprint density at radius 2 is 2.16 bits per heavy atom. The summed E-state index contributed by atoms with van der Waals surface area (Å²) in [6.07, 6.45) is -0.370. The number of aliphatic hydroxyl groups excluding tert-OH is 1. The van der Waals surface area contributed by atoms with Crippen molar-refractivity contribution >= 4 is 5.82 Å². The molecule has 0 spiro atoms. The van der Waals surface area contributed by atoms with Crippen LogP contribution in [0, 0.1) is 6.92 Å². The van der Waals surface area contributed by atoms with Crippen molar-refractivity contribution in [2.24, 2.45) is 0 Å². The van der Waals surface area contributed by atoms with Gasteiger partial charge < -0.3 is 14.7 Å². The average molecular weight is 265 g/mol. The minimum absolute atomic E-state index is 0.370. The summed E-state index contributed by atoms with van der Waals surface area (Å²) < 4.78 is 5.30. The van der Waals surface area contributed by atoms with E-state index in [2.05, 4.69) is 9.88 Å². The van der Waals surface area contributed by atoms with Crippen LogP contribution in [0.1, 0.15) is 5.69 Å². The Morgan fingerprint density at radius 1 is 1.42 bits per heavy atom. The Bertz CT molecular complexity index is 394. The van der Waals surface area contributed by atoms with E-state index < -0.39 is 0 Å². The number of nitrogens with zero attached hydrogens (tertiary/aromatic N) is 3. The van der Waals surface area contributed by atoms with Crippen LogP contribution in [0.15, 0.2) is 18.2 Å². The molecule has 0 amide bonds. The number of rotatable bonds is 5. The molecule has 2 heterocycles. The highest BCUT2D eigenvalue weighted by Crippen LogP contribution is 2.10. The molecule has 0 radical (unpaired) electrons. The summed E-state index contributed by atoms with van der Waals surface area (Å²) in [5.74, 6) is 0.904. The molecule has 1 aromatic heterocycles. The van der Waals surface area contributed by atoms with Crippen LogP contribution in [0.2, 0.25) is 0 Å². The highest BCUT2D eigenvalue weighted by molar-refractivity contribution is 5.38. The molecule has 2 rings (SSSR count). The van der Waals surface area contributed by atoms with Crippen LogP contribution in [0.25, 0.3) is 0 Å². The average Bonchev–Trinajstić information content (AvgIpc) is 2.39. The van der Waals surface area contributed by atoms with Gasteiger partial charge in [0.15, 0.2) is 0 Å². The van der Waals surface area contributed by atoms with E-state index in [4.69, 9.17) is 4.74 Å². The number of hydrogen-bond acceptors (Lipinski definition) is 5. The molecule has 1 fully saturated rings. The number of hydrogen-bond donors (Lipinski definition) is 1. The molecule has 1 aromatic rings. The summed E-state index contributed by atoms with van der Waals surface area (Å²) in [5.41, 5.74) is 0.993. The monoisotopic (exact) mass is 265 g/mol. The fraction of sp³-hybridized carbons (Fsp3) is 0.643. The lowest BCUT2D eigenvalue weighted by Crippen LogP contribution is -2.44. The van der Waals surface area contributed by atoms with E-state index in [1.54, 1.807) is 0 Å². The standard InChI is InChI=1S/C14H23N3O2/c1-12-4-3-5-14(15-12)16(2)10-13(18)11-17-6-8-19-9-7-17/h3-5,13,18H,6-11H2,1-2H3/t13-/m0/s1. The minimum atomic E-state index is -0.370. The van der Waals surface area contributed by atoms with Gasteiger partial charge in [0.05, 0.1) is 19.3 Å². The van der Waals surface area contributed by atoms with Crippen LogP contribution in [0.5, 0.6) is 0 Å². The second kappa shape index (κ2) is 6.84. The van der Waals surface area contributed by atoms with E-state index in [1.807, 2.05) is 37.1 Å². The van der Waals surface area contributed by atoms with Crippen molar-refractivity contribution in [3.05, 3.63) is 23.9 Å². The second-order valence-corrected chi connectivity index (χ2v) is 5.08. The van der Waals surface area contributed by atoms with Gasteiger partial charge in [-0.15, -0.1) is 0 Å². The molecule has 0 saturated carbocycles. The number of pyridine rings is 1. The summed E-state index contributed by atoms with van der Waals surface area (Å²) in [6, 6.07) is 5.93. The van der Waals surface area contributed by atoms with E-state index >= 15 is 0 Å². The van der Waals surface area contributed by atoms with Gasteiger partial charge >= 0.3 is 0 Å². The van der Waals surface area contributed by atoms with Gasteiger partial charge in [0.25, 0.3) is 0 Å². The Balaban J connectivity index is 1.82. The molecule has 19 heavy (non-hydrogen) atoms. The van der Waals surface area contributed by atoms with Crippen molar-refractivity contribution in [2.45, 2.75) is 13.0 Å². The third-order valence-electron chi connectivity index (χ3n) is 3.32. The molecule has 1 atom stereocenters. The highest BCUT2D eigenvalue weighted by atomic mass is 16.5. The molecular formula is C14H23N3O2. The molecule has 106 valence electrons. The van der Waals surface area contributed by atoms with Gasteiger partial charge in [0, 0.05) is 38.9 Å². The van der Waals surface area contributed by atoms with Gasteiger partial charge in [-0.3, -0.25) is 4.90 Å². The molecule has 0 aliphatic carbocycles. The highest BCUT2D eigenvalue weighted by Gasteiger charge is 2.16. The maximum absolute atomic E-state index is 10.2. The van der Waals surface area contributed by atoms with Crippen molar-refractivity contribution in [2.75, 3.05) is 51.3 Å². The first-order chi connectivity index (χ1) is 9.15. The number of aliphatic hydroxyl groups is 1. The summed E-state index contributed by atoms with van der Waals surface area (Å²) >= 11 is 0.